The summed E-state index contributed by atoms with van der Waals surface area (Å²) in [6.45, 7) is 6.41. The van der Waals surface area contributed by atoms with Crippen LogP contribution in [-0.2, 0) is 9.53 Å². The molecule has 0 aromatic carbocycles. The number of Topliss-reactive ketones (excluding diaryl/α,β-unsaturated/α-hetero) is 1. The van der Waals surface area contributed by atoms with Gasteiger partial charge in [-0.3, -0.25) is 4.79 Å². The molecule has 0 saturated carbocycles. The van der Waals surface area contributed by atoms with Gasteiger partial charge in [-0.2, -0.15) is 0 Å². The number of aliphatic hydroxyl groups is 1. The molecule has 1 N–H and O–H groups in total. The number of hydrogen-bond donors (Lipinski definition) is 1. The fourth-order valence-corrected chi connectivity index (χ4v) is 0.323. The molecule has 0 heterocycles. The first-order valence-electron chi connectivity index (χ1n) is 3.04. The van der Waals surface area contributed by atoms with Gasteiger partial charge in [0, 0.05) is 6.92 Å². The summed E-state index contributed by atoms with van der Waals surface area (Å²) in [5.41, 5.74) is 0. The molecule has 0 bridgehead atoms. The fraction of sp³-hybridized carbons (Fsp3) is 0.571. The standard InChI is InChI=1S/C7H12O3/c1-5(8)4-10-7(3)6(2)9/h5,8H,3-4H2,1-2H3. The Kier molecular flexibility index (Phi) is 3.72. The van der Waals surface area contributed by atoms with Gasteiger partial charge in [0.1, 0.15) is 6.61 Å². The van der Waals surface area contributed by atoms with Gasteiger partial charge in [0.2, 0.25) is 0 Å². The van der Waals surface area contributed by atoms with Crippen LogP contribution in [-0.4, -0.2) is 23.6 Å². The number of ketones is 1. The lowest BCUT2D eigenvalue weighted by molar-refractivity contribution is -0.117. The molecular formula is C7H12O3. The van der Waals surface area contributed by atoms with Crippen LogP contribution < -0.4 is 0 Å². The molecule has 0 spiro atoms. The molecule has 1 unspecified atom stereocenters. The zero-order valence-electron chi connectivity index (χ0n) is 6.26. The quantitative estimate of drug-likeness (QED) is 0.461. The number of carbonyl (C=O) groups is 1. The van der Waals surface area contributed by atoms with Crippen molar-refractivity contribution in [3.05, 3.63) is 12.3 Å². The van der Waals surface area contributed by atoms with Gasteiger partial charge in [0.25, 0.3) is 0 Å². The highest BCUT2D eigenvalue weighted by Crippen LogP contribution is 1.95. The third-order valence-electron chi connectivity index (χ3n) is 0.891. The molecule has 0 fully saturated rings. The highest BCUT2D eigenvalue weighted by atomic mass is 16.5. The van der Waals surface area contributed by atoms with Crippen molar-refractivity contribution in [3.8, 4) is 0 Å². The average molecular weight is 144 g/mol. The molecule has 0 aliphatic rings. The minimum absolute atomic E-state index is 0.0981. The Bertz CT molecular complexity index is 138. The third-order valence-corrected chi connectivity index (χ3v) is 0.891. The van der Waals surface area contributed by atoms with Crippen molar-refractivity contribution in [1.82, 2.24) is 0 Å². The van der Waals surface area contributed by atoms with E-state index in [9.17, 15) is 4.79 Å². The van der Waals surface area contributed by atoms with E-state index >= 15 is 0 Å². The summed E-state index contributed by atoms with van der Waals surface area (Å²) in [6.07, 6.45) is -0.559. The summed E-state index contributed by atoms with van der Waals surface area (Å²) in [5.74, 6) is -0.110. The van der Waals surface area contributed by atoms with Crippen molar-refractivity contribution in [2.45, 2.75) is 20.0 Å². The zero-order valence-corrected chi connectivity index (χ0v) is 6.26. The zero-order chi connectivity index (χ0) is 8.15. The first-order chi connectivity index (χ1) is 4.54. The van der Waals surface area contributed by atoms with Crippen LogP contribution >= 0.6 is 0 Å². The van der Waals surface area contributed by atoms with Crippen LogP contribution in [0.2, 0.25) is 0 Å². The number of carbonyl (C=O) groups excluding carboxylic acids is 1. The largest absolute Gasteiger partial charge is 0.488 e. The minimum Gasteiger partial charge on any atom is -0.488 e. The molecule has 0 radical (unpaired) electrons. The fourth-order valence-electron chi connectivity index (χ4n) is 0.323. The smallest absolute Gasteiger partial charge is 0.193 e. The monoisotopic (exact) mass is 144 g/mol. The van der Waals surface area contributed by atoms with Gasteiger partial charge in [0.05, 0.1) is 6.10 Å². The van der Waals surface area contributed by atoms with Gasteiger partial charge >= 0.3 is 0 Å². The number of hydrogen-bond acceptors (Lipinski definition) is 3. The number of rotatable bonds is 4. The van der Waals surface area contributed by atoms with Crippen LogP contribution in [0.5, 0.6) is 0 Å². The van der Waals surface area contributed by atoms with Crippen molar-refractivity contribution in [3.63, 3.8) is 0 Å². The first-order valence-corrected chi connectivity index (χ1v) is 3.04. The Labute approximate surface area is 60.3 Å². The predicted molar refractivity (Wildman–Crippen MR) is 37.5 cm³/mol. The van der Waals surface area contributed by atoms with Crippen LogP contribution in [0.4, 0.5) is 0 Å². The number of ether oxygens (including phenoxy) is 1. The van der Waals surface area contributed by atoms with Crippen LogP contribution in [0.25, 0.3) is 0 Å². The Balaban J connectivity index is 3.50. The summed E-state index contributed by atoms with van der Waals surface area (Å²) in [7, 11) is 0. The van der Waals surface area contributed by atoms with Gasteiger partial charge in [-0.05, 0) is 6.92 Å². The molecule has 0 saturated heterocycles. The van der Waals surface area contributed by atoms with Gasteiger partial charge in [0.15, 0.2) is 11.5 Å². The van der Waals surface area contributed by atoms with Crippen LogP contribution in [0.15, 0.2) is 12.3 Å². The minimum atomic E-state index is -0.559. The van der Waals surface area contributed by atoms with E-state index in [0.717, 1.165) is 0 Å². The maximum absolute atomic E-state index is 10.5. The lowest BCUT2D eigenvalue weighted by Crippen LogP contribution is -2.12. The lowest BCUT2D eigenvalue weighted by atomic mass is 10.4. The van der Waals surface area contributed by atoms with E-state index in [4.69, 9.17) is 9.84 Å². The van der Waals surface area contributed by atoms with E-state index in [1.54, 1.807) is 6.92 Å². The second kappa shape index (κ2) is 4.06. The number of aliphatic hydroxyl groups excluding tert-OH is 1. The molecule has 0 rings (SSSR count). The number of allylic oxidation sites excluding steroid dienone is 1. The lowest BCUT2D eigenvalue weighted by Gasteiger charge is -2.06. The van der Waals surface area contributed by atoms with E-state index in [0.29, 0.717) is 0 Å². The third kappa shape index (κ3) is 4.09. The second-order valence-corrected chi connectivity index (χ2v) is 2.14. The Hall–Kier alpha value is -0.830. The van der Waals surface area contributed by atoms with E-state index in [-0.39, 0.29) is 18.1 Å². The van der Waals surface area contributed by atoms with E-state index in [2.05, 4.69) is 6.58 Å². The average Bonchev–Trinajstić information content (AvgIpc) is 1.82. The molecule has 3 nitrogen and oxygen atoms in total. The van der Waals surface area contributed by atoms with Crippen LogP contribution in [0.3, 0.4) is 0 Å². The van der Waals surface area contributed by atoms with Crippen molar-refractivity contribution in [2.24, 2.45) is 0 Å². The second-order valence-electron chi connectivity index (χ2n) is 2.14. The maximum Gasteiger partial charge on any atom is 0.193 e. The molecule has 0 amide bonds. The Morgan fingerprint density at radius 3 is 2.60 bits per heavy atom. The van der Waals surface area contributed by atoms with Crippen molar-refractivity contribution in [1.29, 1.82) is 0 Å². The summed E-state index contributed by atoms with van der Waals surface area (Å²) < 4.78 is 4.77. The summed E-state index contributed by atoms with van der Waals surface area (Å²) >= 11 is 0. The van der Waals surface area contributed by atoms with Crippen LogP contribution in [0.1, 0.15) is 13.8 Å². The molecule has 58 valence electrons. The van der Waals surface area contributed by atoms with Gasteiger partial charge in [-0.15, -0.1) is 0 Å². The van der Waals surface area contributed by atoms with Crippen LogP contribution in [0, 0.1) is 0 Å². The molecule has 3 heteroatoms. The molecule has 0 aliphatic heterocycles. The van der Waals surface area contributed by atoms with E-state index in [1.807, 2.05) is 0 Å². The first kappa shape index (κ1) is 9.17. The van der Waals surface area contributed by atoms with Gasteiger partial charge in [-0.1, -0.05) is 6.58 Å². The molecule has 10 heavy (non-hydrogen) atoms. The molecule has 0 aromatic rings. The normalized spacial score (nSPS) is 12.3. The molecule has 0 aliphatic carbocycles. The topological polar surface area (TPSA) is 46.5 Å². The van der Waals surface area contributed by atoms with Gasteiger partial charge in [-0.25, -0.2) is 0 Å². The molecule has 1 atom stereocenters. The SMILES string of the molecule is C=C(OCC(C)O)C(C)=O. The Morgan fingerprint density at radius 2 is 2.30 bits per heavy atom. The Morgan fingerprint density at radius 1 is 1.80 bits per heavy atom. The van der Waals surface area contributed by atoms with E-state index < -0.39 is 6.10 Å². The van der Waals surface area contributed by atoms with E-state index in [1.165, 1.54) is 6.92 Å². The maximum atomic E-state index is 10.5. The molecule has 0 aromatic heterocycles. The van der Waals surface area contributed by atoms with Gasteiger partial charge < -0.3 is 9.84 Å². The molecular weight excluding hydrogens is 132 g/mol. The summed E-state index contributed by atoms with van der Waals surface area (Å²) in [5, 5.41) is 8.71. The highest BCUT2D eigenvalue weighted by Gasteiger charge is 2.02. The van der Waals surface area contributed by atoms with Crippen molar-refractivity contribution >= 4 is 5.78 Å². The van der Waals surface area contributed by atoms with Crippen molar-refractivity contribution in [2.75, 3.05) is 6.61 Å². The summed E-state index contributed by atoms with van der Waals surface area (Å²) in [4.78, 5) is 10.5. The van der Waals surface area contributed by atoms with Crippen molar-refractivity contribution < 1.29 is 14.6 Å². The predicted octanol–water partition coefficient (Wildman–Crippen LogP) is 0.486. The summed E-state index contributed by atoms with van der Waals surface area (Å²) in [6, 6.07) is 0. The highest BCUT2D eigenvalue weighted by molar-refractivity contribution is 5.90.